The van der Waals surface area contributed by atoms with Gasteiger partial charge in [-0.15, -0.1) is 0 Å². The van der Waals surface area contributed by atoms with Gasteiger partial charge in [-0.3, -0.25) is 38.5 Å². The highest BCUT2D eigenvalue weighted by atomic mass is 32.9. The fourth-order valence-electron chi connectivity index (χ4n) is 4.05. The number of imide groups is 2. The number of carbonyl (C=O) groups excluding carboxylic acids is 8. The summed E-state index contributed by atoms with van der Waals surface area (Å²) in [7, 11) is 17.7. The molecule has 0 aliphatic carbocycles. The molecule has 91 heavy (non-hydrogen) atoms. The van der Waals surface area contributed by atoms with Crippen molar-refractivity contribution in [2.24, 2.45) is 0 Å². The Hall–Kier alpha value is 0.510. The molecule has 0 unspecified atom stereocenters. The first kappa shape index (κ1) is 103. The third kappa shape index (κ3) is 57.0. The van der Waals surface area contributed by atoms with Crippen LogP contribution in [0.4, 0.5) is 4.79 Å². The number of hydrogen-bond acceptors (Lipinski definition) is 35. The molecule has 0 saturated heterocycles. The molecule has 0 heterocycles. The second-order valence-corrected chi connectivity index (χ2v) is 52.0. The van der Waals surface area contributed by atoms with Crippen LogP contribution in [0.1, 0.15) is 55.4 Å². The SMILES string of the molecule is CCNC(=O)CSP(=S)(OC)OC.CCOC(=O)N(C)C(=O)CSP(=S)(OCC)OCC.CCOP(=O)(OCC)SCC(=O)NC(C)(C)C#N.CNC(=O)CSP(=S)(OC)OC.COCCNC(=O)CSP(=S)(OC)OC.COP(=S)(OC)SCC(=O)N(C)C=O. The average molecular weight is 1630 g/mol. The smallest absolute Gasteiger partial charge is 0.416 e. The van der Waals surface area contributed by atoms with Gasteiger partial charge in [-0.05, 0) is 126 Å². The van der Waals surface area contributed by atoms with Gasteiger partial charge in [0.25, 0.3) is 0 Å². The Morgan fingerprint density at radius 2 is 0.868 bits per heavy atom. The molecule has 0 aromatic carbocycles. The van der Waals surface area contributed by atoms with Crippen LogP contribution >= 0.6 is 104 Å². The lowest BCUT2D eigenvalue weighted by molar-refractivity contribution is -0.134. The van der Waals surface area contributed by atoms with Crippen molar-refractivity contribution in [3.63, 3.8) is 0 Å². The summed E-state index contributed by atoms with van der Waals surface area (Å²) >= 11 is 32.2. The lowest BCUT2D eigenvalue weighted by Crippen LogP contribution is -2.42. The van der Waals surface area contributed by atoms with Crippen LogP contribution in [0.5, 0.6) is 0 Å². The number of carbonyl (C=O) groups is 8. The Morgan fingerprint density at radius 3 is 1.20 bits per heavy atom. The molecule has 0 aromatic rings. The molecule has 0 aliphatic heterocycles. The monoisotopic (exact) mass is 1630 g/mol. The highest BCUT2D eigenvalue weighted by Crippen LogP contribution is 2.63. The zero-order valence-electron chi connectivity index (χ0n) is 54.9. The number of nitriles is 1. The van der Waals surface area contributed by atoms with Crippen LogP contribution in [0.15, 0.2) is 0 Å². The van der Waals surface area contributed by atoms with E-state index in [1.54, 1.807) is 48.8 Å². The summed E-state index contributed by atoms with van der Waals surface area (Å²) in [6.45, 7) is 13.6. The third-order valence-corrected chi connectivity index (χ3v) is 40.4. The Labute approximate surface area is 588 Å². The van der Waals surface area contributed by atoms with Crippen LogP contribution in [0.3, 0.4) is 0 Å². The number of methoxy groups -OCH3 is 1. The van der Waals surface area contributed by atoms with Crippen molar-refractivity contribution < 1.29 is 107 Å². The number of amides is 8. The van der Waals surface area contributed by atoms with Crippen LogP contribution in [0.2, 0.25) is 0 Å². The van der Waals surface area contributed by atoms with Gasteiger partial charge < -0.3 is 85.0 Å². The zero-order valence-corrected chi connectivity index (χ0v) is 69.2. The van der Waals surface area contributed by atoms with E-state index in [4.69, 9.17) is 128 Å². The van der Waals surface area contributed by atoms with Gasteiger partial charge in [0.05, 0.1) is 80.2 Å². The molecule has 0 aliphatic rings. The normalized spacial score (nSPS) is 11.4. The molecule has 30 nitrogen and oxygen atoms in total. The number of rotatable bonds is 41. The van der Waals surface area contributed by atoms with Crippen LogP contribution in [0, 0.1) is 11.3 Å². The molecule has 0 spiro atoms. The zero-order chi connectivity index (χ0) is 72.0. The van der Waals surface area contributed by atoms with Gasteiger partial charge in [-0.1, -0.05) is 56.9 Å². The lowest BCUT2D eigenvalue weighted by Gasteiger charge is -2.21. The minimum atomic E-state index is -3.27. The van der Waals surface area contributed by atoms with E-state index in [9.17, 15) is 42.9 Å². The fraction of sp³-hybridized carbons (Fsp3) is 0.795. The molecule has 0 atom stereocenters. The van der Waals surface area contributed by atoms with E-state index in [0.29, 0.717) is 39.3 Å². The van der Waals surface area contributed by atoms with E-state index in [-0.39, 0.29) is 83.9 Å². The first-order valence-electron chi connectivity index (χ1n) is 26.0. The summed E-state index contributed by atoms with van der Waals surface area (Å²) in [6, 6.07) is 1.95. The Kier molecular flexibility index (Phi) is 68.1. The molecule has 0 aromatic heterocycles. The highest BCUT2D eigenvalue weighted by Gasteiger charge is 2.29. The largest absolute Gasteiger partial charge is 0.449 e. The molecule has 47 heteroatoms. The second kappa shape index (κ2) is 60.5. The summed E-state index contributed by atoms with van der Waals surface area (Å²) in [5.74, 6) is -0.509. The molecule has 0 radical (unpaired) electrons. The van der Waals surface area contributed by atoms with Crippen molar-refractivity contribution in [3.05, 3.63) is 0 Å². The van der Waals surface area contributed by atoms with Crippen molar-refractivity contribution in [1.29, 1.82) is 5.26 Å². The van der Waals surface area contributed by atoms with Crippen molar-refractivity contribution in [3.8, 4) is 6.07 Å². The first-order valence-corrected chi connectivity index (χ1v) is 50.3. The second-order valence-electron chi connectivity index (χ2n) is 15.5. The van der Waals surface area contributed by atoms with Crippen LogP contribution in [-0.2, 0) is 161 Å². The minimum Gasteiger partial charge on any atom is -0.449 e. The Morgan fingerprint density at radius 1 is 0.516 bits per heavy atom. The maximum absolute atomic E-state index is 12.0. The molecule has 4 N–H and O–H groups in total. The van der Waals surface area contributed by atoms with Gasteiger partial charge in [-0.25, -0.2) is 14.3 Å². The summed E-state index contributed by atoms with van der Waals surface area (Å²) in [4.78, 5) is 91.1. The van der Waals surface area contributed by atoms with Gasteiger partial charge in [-0.2, -0.15) is 5.26 Å². The van der Waals surface area contributed by atoms with E-state index in [1.165, 1.54) is 105 Å². The first-order chi connectivity index (χ1) is 42.4. The Bertz CT molecular complexity index is 2400. The van der Waals surface area contributed by atoms with Crippen molar-refractivity contribution in [2.45, 2.75) is 60.9 Å². The molecule has 0 rings (SSSR count). The lowest BCUT2D eigenvalue weighted by atomic mass is 10.1. The minimum absolute atomic E-state index is 0.0204. The molecule has 0 fully saturated rings. The van der Waals surface area contributed by atoms with Gasteiger partial charge in [0.15, 0.2) is 0 Å². The molecule has 0 saturated carbocycles. The predicted octanol–water partition coefficient (Wildman–Crippen LogP) is 9.16. The van der Waals surface area contributed by atoms with Crippen LogP contribution in [0.25, 0.3) is 0 Å². The summed E-state index contributed by atoms with van der Waals surface area (Å²) in [6.07, 6.45) is -0.222. The van der Waals surface area contributed by atoms with Crippen molar-refractivity contribution >= 4 is 211 Å². The molecular formula is C44H93N7O23P6S11. The number of ether oxygens (including phenoxy) is 2. The summed E-state index contributed by atoms with van der Waals surface area (Å²) in [5, 5.41) is 19.1. The van der Waals surface area contributed by atoms with E-state index >= 15 is 0 Å². The quantitative estimate of drug-likeness (QED) is 0.0252. The van der Waals surface area contributed by atoms with Crippen molar-refractivity contribution in [2.75, 3.05) is 172 Å². The third-order valence-electron chi connectivity index (χ3n) is 8.52. The molecule has 8 amide bonds. The fourth-order valence-corrected chi connectivity index (χ4v) is 22.3. The predicted molar refractivity (Wildman–Crippen MR) is 390 cm³/mol. The van der Waals surface area contributed by atoms with E-state index < -0.39 is 52.8 Å². The van der Waals surface area contributed by atoms with Crippen LogP contribution in [-0.4, -0.2) is 236 Å². The standard InChI is InChI=1S/C10H19N2O4PS.C10H20NO5PS2.C7H16NO4PS2.C6H12NO4PS2.C6H14NO3PS2.C5H12NO3PS2/c1-5-15-17(14,16-6-2)18-7-9(13)12-10(3,4)8-11;1-5-14-10(13)11(4)9(12)8-19-17(18,15-6-2)16-7-3;1-10-5-4-8-7(9)6-15-13(14,11-2)12-3;1-7(5-8)6(9)4-14-12(13,10-2)11-3;1-4-7-6(8)5-13-11(12,9-2)10-3;1-6-5(7)4-12-10(11,8-2)9-3/h5-7H2,1-4H3,(H,12,13);5-8H2,1-4H3;4-6H2,1-3H3,(H,8,9);5H,4H2,1-3H3;4-5H2,1-3H3,(H,7,8);4H2,1-3H3,(H,6,7). The summed E-state index contributed by atoms with van der Waals surface area (Å²) < 4.78 is 82.3. The van der Waals surface area contributed by atoms with E-state index in [2.05, 4.69) is 21.3 Å². The number of hydrogen-bond donors (Lipinski definition) is 4. The van der Waals surface area contributed by atoms with Gasteiger partial charge in [0.1, 0.15) is 5.54 Å². The Balaban J connectivity index is -0.000000240. The molecule has 0 bridgehead atoms. The highest BCUT2D eigenvalue weighted by molar-refractivity contribution is 8.69. The van der Waals surface area contributed by atoms with Gasteiger partial charge >= 0.3 is 12.9 Å². The maximum Gasteiger partial charge on any atom is 0.416 e. The average Bonchev–Trinajstić information content (AvgIpc) is 3.70. The maximum atomic E-state index is 12.0. The van der Waals surface area contributed by atoms with E-state index in [0.717, 1.165) is 43.9 Å². The van der Waals surface area contributed by atoms with Crippen molar-refractivity contribution in [1.82, 2.24) is 31.1 Å². The van der Waals surface area contributed by atoms with Gasteiger partial charge in [0.2, 0.25) is 70.3 Å². The number of nitrogens with zero attached hydrogens (tertiary/aromatic N) is 3. The number of nitrogens with one attached hydrogen (secondary N) is 4. The van der Waals surface area contributed by atoms with E-state index in [1.807, 2.05) is 26.8 Å². The van der Waals surface area contributed by atoms with Gasteiger partial charge in [0, 0.05) is 98.2 Å². The molecule has 538 valence electrons. The molecular weight excluding hydrogens is 1530 g/mol. The topological polar surface area (TPSA) is 361 Å². The van der Waals surface area contributed by atoms with Crippen LogP contribution < -0.4 is 21.3 Å². The summed E-state index contributed by atoms with van der Waals surface area (Å²) in [5.41, 5.74) is -12.7.